The van der Waals surface area contributed by atoms with Crippen LogP contribution in [-0.2, 0) is 19.4 Å². The Morgan fingerprint density at radius 2 is 1.96 bits per heavy atom. The van der Waals surface area contributed by atoms with Crippen LogP contribution in [0.15, 0.2) is 41.3 Å². The van der Waals surface area contributed by atoms with E-state index in [2.05, 4.69) is 22.8 Å². The molecule has 2 aromatic rings. The Morgan fingerprint density at radius 1 is 1.22 bits per heavy atom. The molecule has 2 N–H and O–H groups in total. The average Bonchev–Trinajstić information content (AvgIpc) is 3.07. The van der Waals surface area contributed by atoms with E-state index in [4.69, 9.17) is 0 Å². The van der Waals surface area contributed by atoms with Gasteiger partial charge in [-0.2, -0.15) is 0 Å². The first-order valence-electron chi connectivity index (χ1n) is 9.90. The fourth-order valence-corrected chi connectivity index (χ4v) is 4.36. The van der Waals surface area contributed by atoms with E-state index < -0.39 is 0 Å². The topological polar surface area (TPSA) is 63.1 Å². The first-order valence-corrected chi connectivity index (χ1v) is 9.90. The molecule has 1 aromatic heterocycles. The van der Waals surface area contributed by atoms with Crippen molar-refractivity contribution in [2.45, 2.75) is 45.2 Å². The highest BCUT2D eigenvalue weighted by atomic mass is 16.2. The number of rotatable bonds is 4. The second kappa shape index (κ2) is 7.69. The first kappa shape index (κ1) is 18.0. The van der Waals surface area contributed by atoms with Crippen LogP contribution < -0.4 is 16.2 Å². The fraction of sp³-hybridized carbons (Fsp3) is 0.455. The monoisotopic (exact) mass is 365 g/mol. The number of amides is 1. The molecule has 1 amide bonds. The van der Waals surface area contributed by atoms with Gasteiger partial charge in [-0.3, -0.25) is 9.59 Å². The van der Waals surface area contributed by atoms with E-state index in [0.717, 1.165) is 44.3 Å². The normalized spacial score (nSPS) is 19.7. The summed E-state index contributed by atoms with van der Waals surface area (Å²) < 4.78 is 1.71. The zero-order valence-electron chi connectivity index (χ0n) is 15.8. The van der Waals surface area contributed by atoms with Crippen molar-refractivity contribution in [1.82, 2.24) is 15.2 Å². The molecule has 0 spiro atoms. The molecule has 0 bridgehead atoms. The predicted octanol–water partition coefficient (Wildman–Crippen LogP) is 2.05. The minimum Gasteiger partial charge on any atom is -0.348 e. The van der Waals surface area contributed by atoms with E-state index in [9.17, 15) is 9.59 Å². The number of nitrogens with one attached hydrogen (secondary N) is 2. The summed E-state index contributed by atoms with van der Waals surface area (Å²) in [4.78, 5) is 25.9. The number of piperidine rings is 1. The van der Waals surface area contributed by atoms with Crippen LogP contribution in [0, 0.1) is 12.8 Å². The van der Waals surface area contributed by atoms with Crippen LogP contribution >= 0.6 is 0 Å². The molecular formula is C22H27N3O2. The third kappa shape index (κ3) is 3.83. The molecule has 142 valence electrons. The van der Waals surface area contributed by atoms with Crippen molar-refractivity contribution in [3.8, 4) is 0 Å². The Labute approximate surface area is 159 Å². The van der Waals surface area contributed by atoms with E-state index in [1.807, 2.05) is 31.3 Å². The van der Waals surface area contributed by atoms with Gasteiger partial charge in [0.25, 0.3) is 11.5 Å². The number of pyridine rings is 1. The van der Waals surface area contributed by atoms with E-state index in [0.29, 0.717) is 12.5 Å². The van der Waals surface area contributed by atoms with E-state index in [1.165, 1.54) is 11.1 Å². The van der Waals surface area contributed by atoms with Gasteiger partial charge in [0.1, 0.15) is 5.56 Å². The SMILES string of the molecule is Cc1ccn(CC2CCCNC2)c(=O)c1C(=O)NC1Cc2ccccc2C1. The van der Waals surface area contributed by atoms with Crippen LogP contribution in [-0.4, -0.2) is 29.6 Å². The maximum absolute atomic E-state index is 13.0. The summed E-state index contributed by atoms with van der Waals surface area (Å²) in [6, 6.07) is 10.2. The number of aryl methyl sites for hydroxylation is 1. The summed E-state index contributed by atoms with van der Waals surface area (Å²) in [6.07, 6.45) is 5.75. The third-order valence-corrected chi connectivity index (χ3v) is 5.84. The Kier molecular flexibility index (Phi) is 5.12. The highest BCUT2D eigenvalue weighted by Crippen LogP contribution is 2.22. The average molecular weight is 365 g/mol. The number of hydrogen-bond acceptors (Lipinski definition) is 3. The molecule has 1 atom stereocenters. The van der Waals surface area contributed by atoms with Gasteiger partial charge in [-0.25, -0.2) is 0 Å². The van der Waals surface area contributed by atoms with Crippen molar-refractivity contribution >= 4 is 5.91 Å². The molecule has 1 saturated heterocycles. The number of carbonyl (C=O) groups is 1. The van der Waals surface area contributed by atoms with E-state index in [1.54, 1.807) is 4.57 Å². The van der Waals surface area contributed by atoms with Crippen molar-refractivity contribution in [2.24, 2.45) is 5.92 Å². The lowest BCUT2D eigenvalue weighted by Gasteiger charge is -2.24. The minimum atomic E-state index is -0.244. The zero-order valence-corrected chi connectivity index (χ0v) is 15.8. The number of fused-ring (bicyclic) bond motifs is 1. The molecule has 1 aliphatic heterocycles. The first-order chi connectivity index (χ1) is 13.1. The molecule has 2 heterocycles. The molecule has 0 saturated carbocycles. The number of benzene rings is 1. The lowest BCUT2D eigenvalue weighted by Crippen LogP contribution is -2.41. The highest BCUT2D eigenvalue weighted by molar-refractivity contribution is 5.95. The summed E-state index contributed by atoms with van der Waals surface area (Å²) in [5.41, 5.74) is 3.43. The minimum absolute atomic E-state index is 0.0601. The summed E-state index contributed by atoms with van der Waals surface area (Å²) >= 11 is 0. The van der Waals surface area contributed by atoms with Crippen LogP contribution in [0.3, 0.4) is 0 Å². The van der Waals surface area contributed by atoms with Crippen LogP contribution in [0.25, 0.3) is 0 Å². The summed E-state index contributed by atoms with van der Waals surface area (Å²) in [6.45, 7) is 4.49. The molecule has 1 aromatic carbocycles. The van der Waals surface area contributed by atoms with Gasteiger partial charge in [-0.05, 0) is 74.4 Å². The number of carbonyl (C=O) groups excluding carboxylic acids is 1. The lowest BCUT2D eigenvalue weighted by atomic mass is 9.99. The number of aromatic nitrogens is 1. The van der Waals surface area contributed by atoms with Gasteiger partial charge in [-0.15, -0.1) is 0 Å². The molecule has 1 unspecified atom stereocenters. The quantitative estimate of drug-likeness (QED) is 0.872. The third-order valence-electron chi connectivity index (χ3n) is 5.84. The molecular weight excluding hydrogens is 338 g/mol. The predicted molar refractivity (Wildman–Crippen MR) is 106 cm³/mol. The standard InChI is InChI=1S/C22H27N3O2/c1-15-8-10-25(14-16-5-4-9-23-13-16)22(27)20(15)21(26)24-19-11-17-6-2-3-7-18(17)12-19/h2-3,6-8,10,16,19,23H,4-5,9,11-14H2,1H3,(H,24,26). The molecule has 5 heteroatoms. The molecule has 5 nitrogen and oxygen atoms in total. The van der Waals surface area contributed by atoms with Crippen LogP contribution in [0.4, 0.5) is 0 Å². The smallest absolute Gasteiger partial charge is 0.263 e. The van der Waals surface area contributed by atoms with Crippen molar-refractivity contribution in [3.05, 3.63) is 69.1 Å². The van der Waals surface area contributed by atoms with Crippen LogP contribution in [0.1, 0.15) is 39.9 Å². The van der Waals surface area contributed by atoms with Crippen molar-refractivity contribution < 1.29 is 4.79 Å². The molecule has 0 radical (unpaired) electrons. The summed E-state index contributed by atoms with van der Waals surface area (Å²) in [7, 11) is 0. The van der Waals surface area contributed by atoms with Crippen LogP contribution in [0.2, 0.25) is 0 Å². The van der Waals surface area contributed by atoms with Gasteiger partial charge < -0.3 is 15.2 Å². The van der Waals surface area contributed by atoms with E-state index in [-0.39, 0.29) is 23.1 Å². The molecule has 2 aliphatic rings. The molecule has 1 fully saturated rings. The van der Waals surface area contributed by atoms with Gasteiger partial charge in [0.2, 0.25) is 0 Å². The second-order valence-electron chi connectivity index (χ2n) is 7.89. The van der Waals surface area contributed by atoms with Crippen molar-refractivity contribution in [1.29, 1.82) is 0 Å². The Morgan fingerprint density at radius 3 is 2.63 bits per heavy atom. The van der Waals surface area contributed by atoms with Crippen molar-refractivity contribution in [3.63, 3.8) is 0 Å². The van der Waals surface area contributed by atoms with Gasteiger partial charge in [0.15, 0.2) is 0 Å². The highest BCUT2D eigenvalue weighted by Gasteiger charge is 2.25. The second-order valence-corrected chi connectivity index (χ2v) is 7.89. The van der Waals surface area contributed by atoms with Crippen molar-refractivity contribution in [2.75, 3.05) is 13.1 Å². The van der Waals surface area contributed by atoms with Gasteiger partial charge in [-0.1, -0.05) is 24.3 Å². The fourth-order valence-electron chi connectivity index (χ4n) is 4.36. The Hall–Kier alpha value is -2.40. The maximum Gasteiger partial charge on any atom is 0.263 e. The Bertz CT molecular complexity index is 872. The molecule has 27 heavy (non-hydrogen) atoms. The van der Waals surface area contributed by atoms with Gasteiger partial charge >= 0.3 is 0 Å². The number of nitrogens with zero attached hydrogens (tertiary/aromatic N) is 1. The summed E-state index contributed by atoms with van der Waals surface area (Å²) in [5, 5.41) is 6.48. The van der Waals surface area contributed by atoms with Gasteiger partial charge in [0.05, 0.1) is 0 Å². The molecule has 4 rings (SSSR count). The maximum atomic E-state index is 13.0. The Balaban J connectivity index is 1.50. The largest absolute Gasteiger partial charge is 0.348 e. The lowest BCUT2D eigenvalue weighted by molar-refractivity contribution is 0.0935. The molecule has 1 aliphatic carbocycles. The van der Waals surface area contributed by atoms with Crippen LogP contribution in [0.5, 0.6) is 0 Å². The van der Waals surface area contributed by atoms with E-state index >= 15 is 0 Å². The summed E-state index contributed by atoms with van der Waals surface area (Å²) in [5.74, 6) is 0.200. The van der Waals surface area contributed by atoms with Gasteiger partial charge in [0, 0.05) is 18.8 Å². The number of hydrogen-bond donors (Lipinski definition) is 2. The zero-order chi connectivity index (χ0) is 18.8.